The first-order valence-corrected chi connectivity index (χ1v) is 6.04. The molecular formula is C14H17NO2. The third kappa shape index (κ3) is 2.93. The van der Waals surface area contributed by atoms with Crippen LogP contribution in [0.3, 0.4) is 0 Å². The number of hydrogen-bond donors (Lipinski definition) is 0. The summed E-state index contributed by atoms with van der Waals surface area (Å²) in [4.78, 5) is 24.9. The van der Waals surface area contributed by atoms with E-state index in [-0.39, 0.29) is 5.78 Å². The van der Waals surface area contributed by atoms with Crippen LogP contribution in [0.25, 0.3) is 0 Å². The summed E-state index contributed by atoms with van der Waals surface area (Å²) >= 11 is 0. The van der Waals surface area contributed by atoms with Crippen LogP contribution in [0.5, 0.6) is 0 Å². The first-order chi connectivity index (χ1) is 8.16. The molecule has 0 radical (unpaired) electrons. The van der Waals surface area contributed by atoms with Gasteiger partial charge in [-0.05, 0) is 25.5 Å². The molecule has 1 heterocycles. The lowest BCUT2D eigenvalue weighted by Gasteiger charge is -2.22. The quantitative estimate of drug-likeness (QED) is 0.734. The van der Waals surface area contributed by atoms with Gasteiger partial charge in [-0.2, -0.15) is 0 Å². The van der Waals surface area contributed by atoms with Gasteiger partial charge in [0.05, 0.1) is 0 Å². The Morgan fingerprint density at radius 1 is 1.24 bits per heavy atom. The Kier molecular flexibility index (Phi) is 3.57. The molecule has 0 atom stereocenters. The summed E-state index contributed by atoms with van der Waals surface area (Å²) in [7, 11) is 0. The zero-order valence-corrected chi connectivity index (χ0v) is 10.1. The van der Waals surface area contributed by atoms with Gasteiger partial charge in [-0.15, -0.1) is 0 Å². The van der Waals surface area contributed by atoms with Crippen molar-refractivity contribution in [2.24, 2.45) is 0 Å². The summed E-state index contributed by atoms with van der Waals surface area (Å²) in [5.74, 6) is 0.424. The number of benzene rings is 1. The highest BCUT2D eigenvalue weighted by Gasteiger charge is 2.14. The predicted molar refractivity (Wildman–Crippen MR) is 67.5 cm³/mol. The Labute approximate surface area is 101 Å². The highest BCUT2D eigenvalue weighted by molar-refractivity contribution is 5.95. The zero-order chi connectivity index (χ0) is 12.3. The number of anilines is 1. The van der Waals surface area contributed by atoms with E-state index >= 15 is 0 Å². The van der Waals surface area contributed by atoms with Crippen LogP contribution in [0.1, 0.15) is 36.5 Å². The minimum atomic E-state index is 0.0812. The molecule has 1 saturated heterocycles. The topological polar surface area (TPSA) is 37.4 Å². The Bertz CT molecular complexity index is 440. The third-order valence-corrected chi connectivity index (χ3v) is 3.16. The van der Waals surface area contributed by atoms with E-state index in [9.17, 15) is 9.59 Å². The highest BCUT2D eigenvalue weighted by atomic mass is 16.1. The van der Waals surface area contributed by atoms with Crippen molar-refractivity contribution in [3.05, 3.63) is 29.8 Å². The van der Waals surface area contributed by atoms with Crippen LogP contribution in [0.15, 0.2) is 24.3 Å². The van der Waals surface area contributed by atoms with E-state index in [1.165, 1.54) is 0 Å². The fourth-order valence-corrected chi connectivity index (χ4v) is 2.14. The fourth-order valence-electron chi connectivity index (χ4n) is 2.14. The zero-order valence-electron chi connectivity index (χ0n) is 10.1. The van der Waals surface area contributed by atoms with Gasteiger partial charge in [0.2, 0.25) is 0 Å². The Hall–Kier alpha value is -1.64. The average Bonchev–Trinajstić information content (AvgIpc) is 2.54. The molecule has 1 aromatic rings. The fraction of sp³-hybridized carbons (Fsp3) is 0.429. The molecule has 0 spiro atoms. The largest absolute Gasteiger partial charge is 0.371 e. The van der Waals surface area contributed by atoms with E-state index in [0.29, 0.717) is 18.6 Å². The Morgan fingerprint density at radius 3 is 2.82 bits per heavy atom. The van der Waals surface area contributed by atoms with Crippen LogP contribution in [0.4, 0.5) is 5.69 Å². The van der Waals surface area contributed by atoms with Gasteiger partial charge >= 0.3 is 0 Å². The second-order valence-electron chi connectivity index (χ2n) is 4.49. The third-order valence-electron chi connectivity index (χ3n) is 3.16. The van der Waals surface area contributed by atoms with E-state index in [4.69, 9.17) is 0 Å². The molecule has 17 heavy (non-hydrogen) atoms. The predicted octanol–water partition coefficient (Wildman–Crippen LogP) is 2.45. The first kappa shape index (κ1) is 11.8. The molecule has 2 rings (SSSR count). The number of nitrogens with zero attached hydrogens (tertiary/aromatic N) is 1. The van der Waals surface area contributed by atoms with Gasteiger partial charge < -0.3 is 4.90 Å². The van der Waals surface area contributed by atoms with Crippen molar-refractivity contribution in [3.8, 4) is 0 Å². The molecule has 0 aromatic heterocycles. The van der Waals surface area contributed by atoms with Crippen LogP contribution in [0.2, 0.25) is 0 Å². The van der Waals surface area contributed by atoms with E-state index in [0.717, 1.165) is 30.8 Å². The maximum atomic E-state index is 11.4. The maximum absolute atomic E-state index is 11.4. The molecule has 3 nitrogen and oxygen atoms in total. The van der Waals surface area contributed by atoms with Crippen molar-refractivity contribution in [2.75, 3.05) is 18.0 Å². The lowest BCUT2D eigenvalue weighted by molar-refractivity contribution is -0.118. The van der Waals surface area contributed by atoms with Gasteiger partial charge in [0.15, 0.2) is 5.78 Å². The Morgan fingerprint density at radius 2 is 2.06 bits per heavy atom. The molecule has 0 amide bonds. The summed E-state index contributed by atoms with van der Waals surface area (Å²) < 4.78 is 0. The summed E-state index contributed by atoms with van der Waals surface area (Å²) in [6.45, 7) is 3.23. The second kappa shape index (κ2) is 5.13. The molecule has 0 N–H and O–H groups in total. The van der Waals surface area contributed by atoms with Gasteiger partial charge in [0, 0.05) is 37.2 Å². The monoisotopic (exact) mass is 231 g/mol. The van der Waals surface area contributed by atoms with Crippen molar-refractivity contribution >= 4 is 17.3 Å². The van der Waals surface area contributed by atoms with Crippen molar-refractivity contribution in [3.63, 3.8) is 0 Å². The van der Waals surface area contributed by atoms with Gasteiger partial charge in [-0.25, -0.2) is 0 Å². The average molecular weight is 231 g/mol. The van der Waals surface area contributed by atoms with Crippen LogP contribution in [-0.2, 0) is 4.79 Å². The number of rotatable bonds is 2. The van der Waals surface area contributed by atoms with E-state index in [1.807, 2.05) is 24.3 Å². The van der Waals surface area contributed by atoms with Crippen molar-refractivity contribution < 1.29 is 9.59 Å². The minimum Gasteiger partial charge on any atom is -0.371 e. The number of Topliss-reactive ketones (excluding diaryl/α,β-unsaturated/α-hetero) is 2. The molecule has 0 saturated carbocycles. The van der Waals surface area contributed by atoms with Crippen LogP contribution < -0.4 is 4.90 Å². The van der Waals surface area contributed by atoms with Crippen LogP contribution >= 0.6 is 0 Å². The van der Waals surface area contributed by atoms with E-state index < -0.39 is 0 Å². The molecule has 90 valence electrons. The highest BCUT2D eigenvalue weighted by Crippen LogP contribution is 2.19. The minimum absolute atomic E-state index is 0.0812. The normalized spacial score (nSPS) is 16.8. The van der Waals surface area contributed by atoms with Gasteiger partial charge in [-0.1, -0.05) is 12.1 Å². The number of ketones is 2. The lowest BCUT2D eigenvalue weighted by Crippen LogP contribution is -2.24. The number of carbonyl (C=O) groups excluding carboxylic acids is 2. The molecule has 3 heteroatoms. The van der Waals surface area contributed by atoms with Gasteiger partial charge in [0.1, 0.15) is 5.78 Å². The molecule has 0 unspecified atom stereocenters. The molecule has 1 aliphatic heterocycles. The second-order valence-corrected chi connectivity index (χ2v) is 4.49. The van der Waals surface area contributed by atoms with Crippen molar-refractivity contribution in [1.29, 1.82) is 0 Å². The van der Waals surface area contributed by atoms with Gasteiger partial charge in [-0.3, -0.25) is 9.59 Å². The standard InChI is InChI=1S/C14H17NO2/c1-11(16)12-4-2-5-13(10-12)15-8-3-6-14(17)7-9-15/h2,4-5,10H,3,6-9H2,1H3. The van der Waals surface area contributed by atoms with E-state index in [1.54, 1.807) is 6.92 Å². The van der Waals surface area contributed by atoms with E-state index in [2.05, 4.69) is 4.90 Å². The number of carbonyl (C=O) groups is 2. The Balaban J connectivity index is 2.18. The maximum Gasteiger partial charge on any atom is 0.159 e. The first-order valence-electron chi connectivity index (χ1n) is 6.04. The van der Waals surface area contributed by atoms with Crippen LogP contribution in [-0.4, -0.2) is 24.7 Å². The molecular weight excluding hydrogens is 214 g/mol. The summed E-state index contributed by atoms with van der Waals surface area (Å²) in [6.07, 6.45) is 2.20. The molecule has 1 aromatic carbocycles. The number of hydrogen-bond acceptors (Lipinski definition) is 3. The summed E-state index contributed by atoms with van der Waals surface area (Å²) in [5.41, 5.74) is 1.78. The molecule has 0 aliphatic carbocycles. The molecule has 0 bridgehead atoms. The smallest absolute Gasteiger partial charge is 0.159 e. The van der Waals surface area contributed by atoms with Crippen molar-refractivity contribution in [1.82, 2.24) is 0 Å². The SMILES string of the molecule is CC(=O)c1cccc(N2CCCC(=O)CC2)c1. The lowest BCUT2D eigenvalue weighted by atomic mass is 10.1. The summed E-state index contributed by atoms with van der Waals surface area (Å²) in [5, 5.41) is 0. The van der Waals surface area contributed by atoms with Crippen LogP contribution in [0, 0.1) is 0 Å². The molecule has 1 aliphatic rings. The molecule has 1 fully saturated rings. The van der Waals surface area contributed by atoms with Crippen molar-refractivity contribution in [2.45, 2.75) is 26.2 Å². The van der Waals surface area contributed by atoms with Gasteiger partial charge in [0.25, 0.3) is 0 Å². The summed E-state index contributed by atoms with van der Waals surface area (Å²) in [6, 6.07) is 7.65.